The highest BCUT2D eigenvalue weighted by Gasteiger charge is 2.12. The molecule has 72 valence electrons. The van der Waals surface area contributed by atoms with Gasteiger partial charge in [-0.25, -0.2) is 0 Å². The summed E-state index contributed by atoms with van der Waals surface area (Å²) in [5, 5.41) is 4.04. The van der Waals surface area contributed by atoms with E-state index in [4.69, 9.17) is 4.74 Å². The van der Waals surface area contributed by atoms with Crippen molar-refractivity contribution in [2.45, 2.75) is 24.5 Å². The molecule has 3 heteroatoms. The van der Waals surface area contributed by atoms with Gasteiger partial charge in [0, 0.05) is 18.5 Å². The molecule has 1 aliphatic heterocycles. The van der Waals surface area contributed by atoms with Crippen LogP contribution in [0.3, 0.4) is 0 Å². The molecule has 0 bridgehead atoms. The molecule has 1 rings (SSSR count). The summed E-state index contributed by atoms with van der Waals surface area (Å²) in [6, 6.07) is 0. The zero-order valence-electron chi connectivity index (χ0n) is 7.84. The van der Waals surface area contributed by atoms with Gasteiger partial charge in [-0.1, -0.05) is 0 Å². The first-order chi connectivity index (χ1) is 5.93. The van der Waals surface area contributed by atoms with E-state index in [0.29, 0.717) is 0 Å². The molecule has 1 saturated heterocycles. The SMILES string of the molecule is CNCCCSC1CCOCC1. The molecule has 0 aromatic heterocycles. The summed E-state index contributed by atoms with van der Waals surface area (Å²) in [4.78, 5) is 0. The Kier molecular flexibility index (Phi) is 5.82. The van der Waals surface area contributed by atoms with Crippen molar-refractivity contribution in [2.24, 2.45) is 0 Å². The van der Waals surface area contributed by atoms with E-state index in [-0.39, 0.29) is 0 Å². The highest BCUT2D eigenvalue weighted by atomic mass is 32.2. The van der Waals surface area contributed by atoms with Crippen molar-refractivity contribution in [1.29, 1.82) is 0 Å². The van der Waals surface area contributed by atoms with Crippen LogP contribution in [0.15, 0.2) is 0 Å². The third-order valence-corrected chi connectivity index (χ3v) is 3.56. The zero-order valence-corrected chi connectivity index (χ0v) is 8.66. The maximum Gasteiger partial charge on any atom is 0.0476 e. The van der Waals surface area contributed by atoms with Crippen LogP contribution in [0.1, 0.15) is 19.3 Å². The Morgan fingerprint density at radius 1 is 1.42 bits per heavy atom. The average Bonchev–Trinajstić information content (AvgIpc) is 2.14. The van der Waals surface area contributed by atoms with E-state index in [1.165, 1.54) is 25.0 Å². The van der Waals surface area contributed by atoms with Crippen molar-refractivity contribution in [3.63, 3.8) is 0 Å². The van der Waals surface area contributed by atoms with Gasteiger partial charge in [-0.05, 0) is 38.6 Å². The summed E-state index contributed by atoms with van der Waals surface area (Å²) in [5.74, 6) is 1.30. The van der Waals surface area contributed by atoms with Gasteiger partial charge in [0.25, 0.3) is 0 Å². The highest BCUT2D eigenvalue weighted by molar-refractivity contribution is 7.99. The monoisotopic (exact) mass is 189 g/mol. The van der Waals surface area contributed by atoms with Gasteiger partial charge >= 0.3 is 0 Å². The minimum atomic E-state index is 0.871. The lowest BCUT2D eigenvalue weighted by molar-refractivity contribution is 0.100. The van der Waals surface area contributed by atoms with Crippen molar-refractivity contribution in [3.8, 4) is 0 Å². The molecule has 1 aliphatic rings. The molecule has 1 fully saturated rings. The molecular weight excluding hydrogens is 170 g/mol. The number of hydrogen-bond donors (Lipinski definition) is 1. The van der Waals surface area contributed by atoms with Crippen LogP contribution in [-0.4, -0.2) is 37.8 Å². The maximum absolute atomic E-state index is 5.30. The van der Waals surface area contributed by atoms with E-state index >= 15 is 0 Å². The lowest BCUT2D eigenvalue weighted by atomic mass is 10.2. The van der Waals surface area contributed by atoms with Crippen LogP contribution in [0.2, 0.25) is 0 Å². The van der Waals surface area contributed by atoms with Gasteiger partial charge in [-0.2, -0.15) is 11.8 Å². The van der Waals surface area contributed by atoms with Crippen LogP contribution >= 0.6 is 11.8 Å². The van der Waals surface area contributed by atoms with Gasteiger partial charge < -0.3 is 10.1 Å². The van der Waals surface area contributed by atoms with Gasteiger partial charge in [0.1, 0.15) is 0 Å². The van der Waals surface area contributed by atoms with Crippen LogP contribution in [0.4, 0.5) is 0 Å². The molecule has 1 heterocycles. The van der Waals surface area contributed by atoms with Gasteiger partial charge in [0.05, 0.1) is 0 Å². The molecule has 1 N–H and O–H groups in total. The van der Waals surface area contributed by atoms with Gasteiger partial charge in [0.2, 0.25) is 0 Å². The molecule has 0 spiro atoms. The van der Waals surface area contributed by atoms with E-state index in [2.05, 4.69) is 17.1 Å². The van der Waals surface area contributed by atoms with E-state index in [0.717, 1.165) is 25.0 Å². The zero-order chi connectivity index (χ0) is 8.65. The maximum atomic E-state index is 5.30. The molecule has 2 nitrogen and oxygen atoms in total. The first-order valence-corrected chi connectivity index (χ1v) is 5.82. The Hall–Kier alpha value is 0.270. The first kappa shape index (κ1) is 10.4. The van der Waals surface area contributed by atoms with Gasteiger partial charge in [-0.3, -0.25) is 0 Å². The van der Waals surface area contributed by atoms with Crippen LogP contribution < -0.4 is 5.32 Å². The van der Waals surface area contributed by atoms with Crippen molar-refractivity contribution in [1.82, 2.24) is 5.32 Å². The second-order valence-electron chi connectivity index (χ2n) is 3.14. The molecule has 0 saturated carbocycles. The number of hydrogen-bond acceptors (Lipinski definition) is 3. The second kappa shape index (κ2) is 6.75. The summed E-state index contributed by atoms with van der Waals surface area (Å²) in [5.41, 5.74) is 0. The fourth-order valence-corrected chi connectivity index (χ4v) is 2.51. The normalized spacial score (nSPS) is 19.8. The van der Waals surface area contributed by atoms with Crippen LogP contribution in [0.5, 0.6) is 0 Å². The highest BCUT2D eigenvalue weighted by Crippen LogP contribution is 2.22. The molecular formula is C9H19NOS. The summed E-state index contributed by atoms with van der Waals surface area (Å²) in [6.07, 6.45) is 3.80. The average molecular weight is 189 g/mol. The summed E-state index contributed by atoms with van der Waals surface area (Å²) in [6.45, 7) is 3.10. The van der Waals surface area contributed by atoms with Crippen molar-refractivity contribution in [3.05, 3.63) is 0 Å². The van der Waals surface area contributed by atoms with Gasteiger partial charge in [-0.15, -0.1) is 0 Å². The second-order valence-corrected chi connectivity index (χ2v) is 4.55. The molecule has 0 amide bonds. The Morgan fingerprint density at radius 2 is 2.17 bits per heavy atom. The van der Waals surface area contributed by atoms with Crippen LogP contribution in [0, 0.1) is 0 Å². The van der Waals surface area contributed by atoms with E-state index in [1.807, 2.05) is 7.05 Å². The molecule has 0 radical (unpaired) electrons. The van der Waals surface area contributed by atoms with Crippen molar-refractivity contribution < 1.29 is 4.74 Å². The largest absolute Gasteiger partial charge is 0.381 e. The number of thioether (sulfide) groups is 1. The third-order valence-electron chi connectivity index (χ3n) is 2.09. The van der Waals surface area contributed by atoms with Crippen molar-refractivity contribution >= 4 is 11.8 Å². The third kappa shape index (κ3) is 4.33. The predicted octanol–water partition coefficient (Wildman–Crippen LogP) is 1.51. The number of nitrogens with one attached hydrogen (secondary N) is 1. The molecule has 0 atom stereocenters. The summed E-state index contributed by atoms with van der Waals surface area (Å²) < 4.78 is 5.30. The Bertz CT molecular complexity index is 105. The minimum absolute atomic E-state index is 0.871. The number of rotatable bonds is 5. The quantitative estimate of drug-likeness (QED) is 0.662. The summed E-state index contributed by atoms with van der Waals surface area (Å²) in [7, 11) is 2.01. The molecule has 0 aliphatic carbocycles. The Balaban J connectivity index is 1.91. The topological polar surface area (TPSA) is 21.3 Å². The minimum Gasteiger partial charge on any atom is -0.381 e. The fourth-order valence-electron chi connectivity index (χ4n) is 1.34. The van der Waals surface area contributed by atoms with Gasteiger partial charge in [0.15, 0.2) is 0 Å². The lowest BCUT2D eigenvalue weighted by Gasteiger charge is -2.21. The first-order valence-electron chi connectivity index (χ1n) is 4.77. The fraction of sp³-hybridized carbons (Fsp3) is 1.00. The molecule has 0 aromatic rings. The molecule has 12 heavy (non-hydrogen) atoms. The molecule has 0 unspecified atom stereocenters. The Morgan fingerprint density at radius 3 is 2.83 bits per heavy atom. The smallest absolute Gasteiger partial charge is 0.0476 e. The van der Waals surface area contributed by atoms with E-state index < -0.39 is 0 Å². The van der Waals surface area contributed by atoms with Crippen LogP contribution in [-0.2, 0) is 4.74 Å². The van der Waals surface area contributed by atoms with Crippen LogP contribution in [0.25, 0.3) is 0 Å². The number of ether oxygens (including phenoxy) is 1. The van der Waals surface area contributed by atoms with E-state index in [9.17, 15) is 0 Å². The van der Waals surface area contributed by atoms with Crippen molar-refractivity contribution in [2.75, 3.05) is 32.6 Å². The predicted molar refractivity (Wildman–Crippen MR) is 54.8 cm³/mol. The Labute approximate surface area is 79.4 Å². The standard InChI is InChI=1S/C9H19NOS/c1-10-5-2-8-12-9-3-6-11-7-4-9/h9-10H,2-8H2,1H3. The summed E-state index contributed by atoms with van der Waals surface area (Å²) >= 11 is 2.12. The lowest BCUT2D eigenvalue weighted by Crippen LogP contribution is -2.18. The van der Waals surface area contributed by atoms with E-state index in [1.54, 1.807) is 0 Å². The molecule has 0 aromatic carbocycles.